The quantitative estimate of drug-likeness (QED) is 0.783. The van der Waals surface area contributed by atoms with Gasteiger partial charge in [0.25, 0.3) is 5.91 Å². The summed E-state index contributed by atoms with van der Waals surface area (Å²) in [7, 11) is 1.62. The van der Waals surface area contributed by atoms with Gasteiger partial charge in [-0.3, -0.25) is 4.79 Å². The zero-order chi connectivity index (χ0) is 17.4. The number of rotatable bonds is 8. The van der Waals surface area contributed by atoms with Crippen LogP contribution in [0.3, 0.4) is 0 Å². The fourth-order valence-electron chi connectivity index (χ4n) is 2.57. The van der Waals surface area contributed by atoms with Crippen LogP contribution in [0.5, 0.6) is 5.75 Å². The van der Waals surface area contributed by atoms with E-state index in [4.69, 9.17) is 4.74 Å². The Morgan fingerprint density at radius 3 is 2.54 bits per heavy atom. The number of carbonyl (C=O) groups is 1. The highest BCUT2D eigenvalue weighted by Crippen LogP contribution is 2.18. The van der Waals surface area contributed by atoms with Gasteiger partial charge in [0.2, 0.25) is 0 Å². The number of hydrogen-bond acceptors (Lipinski definition) is 2. The minimum atomic E-state index is -0.254. The number of nitrogens with one attached hydrogen (secondary N) is 1. The summed E-state index contributed by atoms with van der Waals surface area (Å²) in [6, 6.07) is 17.1. The van der Waals surface area contributed by atoms with E-state index in [9.17, 15) is 4.79 Å². The molecule has 0 aliphatic heterocycles. The molecule has 0 aromatic heterocycles. The third-order valence-corrected chi connectivity index (χ3v) is 3.92. The molecule has 0 aliphatic rings. The van der Waals surface area contributed by atoms with E-state index in [0.717, 1.165) is 30.0 Å². The van der Waals surface area contributed by atoms with Crippen LogP contribution in [-0.2, 0) is 4.79 Å². The van der Waals surface area contributed by atoms with Gasteiger partial charge in [-0.25, -0.2) is 0 Å². The van der Waals surface area contributed by atoms with Gasteiger partial charge >= 0.3 is 0 Å². The second kappa shape index (κ2) is 9.08. The molecular weight excluding hydrogens is 300 g/mol. The number of anilines is 1. The van der Waals surface area contributed by atoms with Crippen molar-refractivity contribution in [2.24, 2.45) is 5.92 Å². The molecule has 0 spiro atoms. The molecule has 2 aromatic carbocycles. The SMILES string of the molecule is COc1cccc(NC(=O)[C@@H]([NH2+]CCC(C)C)c2ccccc2)c1. The van der Waals surface area contributed by atoms with Gasteiger partial charge in [-0.1, -0.05) is 50.2 Å². The van der Waals surface area contributed by atoms with Crippen LogP contribution in [0.25, 0.3) is 0 Å². The predicted octanol–water partition coefficient (Wildman–Crippen LogP) is 2.98. The van der Waals surface area contributed by atoms with Crippen LogP contribution in [0.4, 0.5) is 5.69 Å². The molecule has 0 saturated heterocycles. The van der Waals surface area contributed by atoms with Crippen molar-refractivity contribution in [1.82, 2.24) is 0 Å². The van der Waals surface area contributed by atoms with Gasteiger partial charge in [0.1, 0.15) is 5.75 Å². The molecule has 128 valence electrons. The Balaban J connectivity index is 2.11. The third-order valence-electron chi connectivity index (χ3n) is 3.92. The fraction of sp³-hybridized carbons (Fsp3) is 0.350. The van der Waals surface area contributed by atoms with Crippen molar-refractivity contribution < 1.29 is 14.8 Å². The molecule has 0 fully saturated rings. The third kappa shape index (κ3) is 5.39. The van der Waals surface area contributed by atoms with E-state index in [1.165, 1.54) is 0 Å². The Morgan fingerprint density at radius 1 is 1.12 bits per heavy atom. The molecule has 4 heteroatoms. The first kappa shape index (κ1) is 18.0. The molecule has 1 amide bonds. The summed E-state index contributed by atoms with van der Waals surface area (Å²) in [4.78, 5) is 12.8. The highest BCUT2D eigenvalue weighted by molar-refractivity contribution is 5.94. The predicted molar refractivity (Wildman–Crippen MR) is 97.1 cm³/mol. The summed E-state index contributed by atoms with van der Waals surface area (Å²) in [6.45, 7) is 5.31. The monoisotopic (exact) mass is 327 g/mol. The molecule has 0 saturated carbocycles. The smallest absolute Gasteiger partial charge is 0.287 e. The Morgan fingerprint density at radius 2 is 1.88 bits per heavy atom. The topological polar surface area (TPSA) is 54.9 Å². The highest BCUT2D eigenvalue weighted by Gasteiger charge is 2.24. The van der Waals surface area contributed by atoms with Gasteiger partial charge in [-0.2, -0.15) is 0 Å². The Labute approximate surface area is 144 Å². The lowest BCUT2D eigenvalue weighted by Crippen LogP contribution is -2.87. The Hall–Kier alpha value is -2.33. The minimum absolute atomic E-state index is 0.0155. The van der Waals surface area contributed by atoms with Gasteiger partial charge in [-0.15, -0.1) is 0 Å². The first-order chi connectivity index (χ1) is 11.6. The van der Waals surface area contributed by atoms with Crippen molar-refractivity contribution in [2.45, 2.75) is 26.3 Å². The number of nitrogens with two attached hydrogens (primary N) is 1. The summed E-state index contributed by atoms with van der Waals surface area (Å²) in [6.07, 6.45) is 1.08. The molecule has 0 bridgehead atoms. The van der Waals surface area contributed by atoms with Crippen LogP contribution >= 0.6 is 0 Å². The van der Waals surface area contributed by atoms with Crippen LogP contribution in [0, 0.1) is 5.92 Å². The van der Waals surface area contributed by atoms with Crippen molar-refractivity contribution in [1.29, 1.82) is 0 Å². The van der Waals surface area contributed by atoms with Crippen LogP contribution in [0.15, 0.2) is 54.6 Å². The molecule has 24 heavy (non-hydrogen) atoms. The van der Waals surface area contributed by atoms with Gasteiger partial charge < -0.3 is 15.4 Å². The van der Waals surface area contributed by atoms with Crippen LogP contribution in [0.2, 0.25) is 0 Å². The lowest BCUT2D eigenvalue weighted by molar-refractivity contribution is -0.683. The van der Waals surface area contributed by atoms with Gasteiger partial charge in [0, 0.05) is 17.3 Å². The van der Waals surface area contributed by atoms with Crippen molar-refractivity contribution in [3.05, 3.63) is 60.2 Å². The van der Waals surface area contributed by atoms with Crippen molar-refractivity contribution >= 4 is 11.6 Å². The Bertz CT molecular complexity index is 641. The number of ether oxygens (including phenoxy) is 1. The second-order valence-electron chi connectivity index (χ2n) is 6.32. The Kier molecular flexibility index (Phi) is 6.82. The van der Waals surface area contributed by atoms with Crippen LogP contribution in [-0.4, -0.2) is 19.6 Å². The van der Waals surface area contributed by atoms with E-state index in [1.807, 2.05) is 54.6 Å². The molecule has 1 atom stereocenters. The van der Waals surface area contributed by atoms with E-state index in [0.29, 0.717) is 5.92 Å². The van der Waals surface area contributed by atoms with E-state index in [2.05, 4.69) is 24.5 Å². The normalized spacial score (nSPS) is 12.0. The van der Waals surface area contributed by atoms with Crippen LogP contribution < -0.4 is 15.4 Å². The molecule has 0 heterocycles. The van der Waals surface area contributed by atoms with Gasteiger partial charge in [0.05, 0.1) is 13.7 Å². The summed E-state index contributed by atoms with van der Waals surface area (Å²) in [5.74, 6) is 1.34. The molecule has 4 nitrogen and oxygen atoms in total. The highest BCUT2D eigenvalue weighted by atomic mass is 16.5. The maximum Gasteiger partial charge on any atom is 0.287 e. The van der Waals surface area contributed by atoms with E-state index < -0.39 is 0 Å². The first-order valence-electron chi connectivity index (χ1n) is 8.43. The minimum Gasteiger partial charge on any atom is -0.497 e. The van der Waals surface area contributed by atoms with Crippen molar-refractivity contribution in [3.63, 3.8) is 0 Å². The summed E-state index contributed by atoms with van der Waals surface area (Å²) in [5.41, 5.74) is 1.76. The number of methoxy groups -OCH3 is 1. The fourth-order valence-corrected chi connectivity index (χ4v) is 2.57. The second-order valence-corrected chi connectivity index (χ2v) is 6.32. The summed E-state index contributed by atoms with van der Waals surface area (Å²) < 4.78 is 5.21. The maximum atomic E-state index is 12.8. The molecular formula is C20H27N2O2+. The number of amides is 1. The van der Waals surface area contributed by atoms with Gasteiger partial charge in [0.15, 0.2) is 6.04 Å². The standard InChI is InChI=1S/C20H26N2O2/c1-15(2)12-13-21-19(16-8-5-4-6-9-16)20(23)22-17-10-7-11-18(14-17)24-3/h4-11,14-15,19,21H,12-13H2,1-3H3,(H,22,23)/p+1/t19-/m0/s1. The number of carbonyl (C=O) groups excluding carboxylic acids is 1. The molecule has 0 radical (unpaired) electrons. The molecule has 2 aromatic rings. The molecule has 0 unspecified atom stereocenters. The maximum absolute atomic E-state index is 12.8. The summed E-state index contributed by atoms with van der Waals surface area (Å²) >= 11 is 0. The first-order valence-corrected chi connectivity index (χ1v) is 8.43. The lowest BCUT2D eigenvalue weighted by atomic mass is 10.0. The van der Waals surface area contributed by atoms with E-state index >= 15 is 0 Å². The average Bonchev–Trinajstić information content (AvgIpc) is 2.59. The van der Waals surface area contributed by atoms with Crippen LogP contribution in [0.1, 0.15) is 31.9 Å². The number of benzene rings is 2. The zero-order valence-corrected chi connectivity index (χ0v) is 14.7. The number of quaternary nitrogens is 1. The average molecular weight is 327 g/mol. The van der Waals surface area contributed by atoms with Crippen molar-refractivity contribution in [3.8, 4) is 5.75 Å². The largest absolute Gasteiger partial charge is 0.497 e. The zero-order valence-electron chi connectivity index (χ0n) is 14.7. The van der Waals surface area contributed by atoms with E-state index in [1.54, 1.807) is 7.11 Å². The lowest BCUT2D eigenvalue weighted by Gasteiger charge is -2.17. The van der Waals surface area contributed by atoms with Crippen molar-refractivity contribution in [2.75, 3.05) is 19.0 Å². The molecule has 0 aliphatic carbocycles. The number of hydrogen-bond donors (Lipinski definition) is 2. The molecule has 3 N–H and O–H groups in total. The van der Waals surface area contributed by atoms with Gasteiger partial charge in [-0.05, 0) is 24.5 Å². The summed E-state index contributed by atoms with van der Waals surface area (Å²) in [5, 5.41) is 5.12. The molecule has 2 rings (SSSR count). The van der Waals surface area contributed by atoms with E-state index in [-0.39, 0.29) is 11.9 Å².